The number of nitrogens with zero attached hydrogens (tertiary/aromatic N) is 1. The molecule has 0 radical (unpaired) electrons. The van der Waals surface area contributed by atoms with Gasteiger partial charge in [0.15, 0.2) is 0 Å². The summed E-state index contributed by atoms with van der Waals surface area (Å²) in [6.45, 7) is 7.32. The highest BCUT2D eigenvalue weighted by Gasteiger charge is 2.24. The minimum Gasteiger partial charge on any atom is -0.385 e. The van der Waals surface area contributed by atoms with Gasteiger partial charge in [-0.2, -0.15) is 0 Å². The maximum Gasteiger partial charge on any atom is 0.0723 e. The summed E-state index contributed by atoms with van der Waals surface area (Å²) in [5.41, 5.74) is 4.13. The number of benzene rings is 1. The first kappa shape index (κ1) is 11.8. The Balaban J connectivity index is 1.86. The Bertz CT molecular complexity index is 433. The summed E-state index contributed by atoms with van der Waals surface area (Å²) in [5.74, 6) is 0. The molecule has 0 saturated carbocycles. The molecule has 2 heterocycles. The van der Waals surface area contributed by atoms with E-state index in [-0.39, 0.29) is 0 Å². The van der Waals surface area contributed by atoms with Crippen molar-refractivity contribution in [1.29, 1.82) is 0 Å². The highest BCUT2D eigenvalue weighted by Crippen LogP contribution is 2.29. The molecule has 2 unspecified atom stereocenters. The number of fused-ring (bicyclic) bond motifs is 1. The molecule has 18 heavy (non-hydrogen) atoms. The van der Waals surface area contributed by atoms with Crippen molar-refractivity contribution < 1.29 is 4.74 Å². The van der Waals surface area contributed by atoms with Gasteiger partial charge in [0, 0.05) is 30.5 Å². The van der Waals surface area contributed by atoms with E-state index in [1.165, 1.54) is 29.8 Å². The van der Waals surface area contributed by atoms with Gasteiger partial charge in [0.1, 0.15) is 0 Å². The lowest BCUT2D eigenvalue weighted by Gasteiger charge is -2.39. The van der Waals surface area contributed by atoms with Crippen molar-refractivity contribution in [2.75, 3.05) is 29.9 Å². The molecular weight excluding hydrogens is 224 g/mol. The number of hydrogen-bond acceptors (Lipinski definition) is 3. The van der Waals surface area contributed by atoms with Gasteiger partial charge in [-0.3, -0.25) is 0 Å². The van der Waals surface area contributed by atoms with Crippen LogP contribution in [-0.4, -0.2) is 31.8 Å². The number of aryl methyl sites for hydroxylation is 1. The molecule has 2 aliphatic heterocycles. The maximum absolute atomic E-state index is 5.70. The van der Waals surface area contributed by atoms with E-state index in [2.05, 4.69) is 42.3 Å². The fraction of sp³-hybridized carbons (Fsp3) is 0.600. The molecule has 1 N–H and O–H groups in total. The quantitative estimate of drug-likeness (QED) is 0.824. The van der Waals surface area contributed by atoms with E-state index in [0.717, 1.165) is 19.7 Å². The molecule has 2 aliphatic rings. The summed E-state index contributed by atoms with van der Waals surface area (Å²) in [4.78, 5) is 2.48. The van der Waals surface area contributed by atoms with E-state index >= 15 is 0 Å². The summed E-state index contributed by atoms with van der Waals surface area (Å²) >= 11 is 0. The zero-order valence-electron chi connectivity index (χ0n) is 11.3. The lowest BCUT2D eigenvalue weighted by Crippen LogP contribution is -2.47. The number of rotatable bonds is 1. The number of nitrogens with one attached hydrogen (secondary N) is 1. The maximum atomic E-state index is 5.70. The summed E-state index contributed by atoms with van der Waals surface area (Å²) in [5, 5.41) is 3.47. The fourth-order valence-electron chi connectivity index (χ4n) is 2.90. The molecule has 0 aromatic heterocycles. The zero-order chi connectivity index (χ0) is 12.5. The van der Waals surface area contributed by atoms with Gasteiger partial charge in [0.2, 0.25) is 0 Å². The lowest BCUT2D eigenvalue weighted by atomic mass is 10.0. The standard InChI is InChI=1S/C15H22N2O/c1-11-10-18-12(2)9-17(11)14-5-6-15-13(8-14)4-3-7-16-15/h5-6,8,11-12,16H,3-4,7,9-10H2,1-2H3. The predicted octanol–water partition coefficient (Wildman–Crippen LogP) is 2.66. The van der Waals surface area contributed by atoms with Crippen LogP contribution in [0.4, 0.5) is 11.4 Å². The van der Waals surface area contributed by atoms with Crippen LogP contribution in [-0.2, 0) is 11.2 Å². The number of hydrogen-bond donors (Lipinski definition) is 1. The predicted molar refractivity (Wildman–Crippen MR) is 75.5 cm³/mol. The minimum absolute atomic E-state index is 0.329. The molecule has 3 heteroatoms. The van der Waals surface area contributed by atoms with Crippen molar-refractivity contribution in [1.82, 2.24) is 0 Å². The van der Waals surface area contributed by atoms with E-state index < -0.39 is 0 Å². The summed E-state index contributed by atoms with van der Waals surface area (Å²) in [7, 11) is 0. The van der Waals surface area contributed by atoms with Crippen molar-refractivity contribution in [3.05, 3.63) is 23.8 Å². The molecule has 3 rings (SSSR count). The van der Waals surface area contributed by atoms with E-state index in [4.69, 9.17) is 4.74 Å². The van der Waals surface area contributed by atoms with E-state index in [9.17, 15) is 0 Å². The third-order valence-corrected chi connectivity index (χ3v) is 3.97. The molecule has 0 amide bonds. The largest absolute Gasteiger partial charge is 0.385 e. The van der Waals surface area contributed by atoms with Crippen molar-refractivity contribution in [3.8, 4) is 0 Å². The summed E-state index contributed by atoms with van der Waals surface area (Å²) in [6, 6.07) is 7.30. The molecule has 1 aromatic carbocycles. The Morgan fingerprint density at radius 1 is 1.33 bits per heavy atom. The monoisotopic (exact) mass is 246 g/mol. The number of anilines is 2. The molecule has 2 atom stereocenters. The number of ether oxygens (including phenoxy) is 1. The second-order valence-corrected chi connectivity index (χ2v) is 5.52. The minimum atomic E-state index is 0.329. The molecule has 1 saturated heterocycles. The second kappa shape index (κ2) is 4.81. The molecule has 0 aliphatic carbocycles. The van der Waals surface area contributed by atoms with Crippen molar-refractivity contribution >= 4 is 11.4 Å². The first-order valence-electron chi connectivity index (χ1n) is 6.99. The smallest absolute Gasteiger partial charge is 0.0723 e. The van der Waals surface area contributed by atoms with Crippen molar-refractivity contribution in [3.63, 3.8) is 0 Å². The molecule has 0 bridgehead atoms. The number of morpholine rings is 1. The average Bonchev–Trinajstić information content (AvgIpc) is 2.41. The van der Waals surface area contributed by atoms with Gasteiger partial charge in [-0.05, 0) is 50.5 Å². The van der Waals surface area contributed by atoms with Gasteiger partial charge in [0.25, 0.3) is 0 Å². The molecular formula is C15H22N2O. The van der Waals surface area contributed by atoms with Crippen molar-refractivity contribution in [2.45, 2.75) is 38.8 Å². The Morgan fingerprint density at radius 3 is 3.11 bits per heavy atom. The Morgan fingerprint density at radius 2 is 2.22 bits per heavy atom. The Labute approximate surface area is 109 Å². The van der Waals surface area contributed by atoms with Crippen LogP contribution in [0.1, 0.15) is 25.8 Å². The highest BCUT2D eigenvalue weighted by atomic mass is 16.5. The van der Waals surface area contributed by atoms with Gasteiger partial charge in [0.05, 0.1) is 12.7 Å². The van der Waals surface area contributed by atoms with Crippen LogP contribution in [0.3, 0.4) is 0 Å². The first-order valence-corrected chi connectivity index (χ1v) is 6.99. The van der Waals surface area contributed by atoms with Gasteiger partial charge in [-0.25, -0.2) is 0 Å². The molecule has 0 spiro atoms. The van der Waals surface area contributed by atoms with Crippen LogP contribution in [0.15, 0.2) is 18.2 Å². The van der Waals surface area contributed by atoms with E-state index in [0.29, 0.717) is 12.1 Å². The van der Waals surface area contributed by atoms with E-state index in [1.807, 2.05) is 0 Å². The first-order chi connectivity index (χ1) is 8.74. The van der Waals surface area contributed by atoms with Crippen LogP contribution >= 0.6 is 0 Å². The summed E-state index contributed by atoms with van der Waals surface area (Å²) < 4.78 is 5.70. The van der Waals surface area contributed by atoms with Gasteiger partial charge >= 0.3 is 0 Å². The Hall–Kier alpha value is -1.22. The SMILES string of the molecule is CC1CN(c2ccc3c(c2)CCCN3)C(C)CO1. The fourth-order valence-corrected chi connectivity index (χ4v) is 2.90. The third-order valence-electron chi connectivity index (χ3n) is 3.97. The zero-order valence-corrected chi connectivity index (χ0v) is 11.3. The van der Waals surface area contributed by atoms with Crippen LogP contribution in [0.25, 0.3) is 0 Å². The lowest BCUT2D eigenvalue weighted by molar-refractivity contribution is 0.0344. The normalized spacial score (nSPS) is 27.6. The average molecular weight is 246 g/mol. The van der Waals surface area contributed by atoms with E-state index in [1.54, 1.807) is 0 Å². The highest BCUT2D eigenvalue weighted by molar-refractivity contribution is 5.62. The van der Waals surface area contributed by atoms with Gasteiger partial charge in [-0.15, -0.1) is 0 Å². The van der Waals surface area contributed by atoms with Gasteiger partial charge in [-0.1, -0.05) is 0 Å². The van der Waals surface area contributed by atoms with Gasteiger partial charge < -0.3 is 15.0 Å². The molecule has 3 nitrogen and oxygen atoms in total. The second-order valence-electron chi connectivity index (χ2n) is 5.52. The van der Waals surface area contributed by atoms with Crippen LogP contribution in [0.2, 0.25) is 0 Å². The molecule has 98 valence electrons. The topological polar surface area (TPSA) is 24.5 Å². The van der Waals surface area contributed by atoms with Crippen molar-refractivity contribution in [2.24, 2.45) is 0 Å². The third kappa shape index (κ3) is 2.19. The summed E-state index contributed by atoms with van der Waals surface area (Å²) in [6.07, 6.45) is 2.77. The Kier molecular flexibility index (Phi) is 3.16. The van der Waals surface area contributed by atoms with Crippen LogP contribution in [0, 0.1) is 0 Å². The van der Waals surface area contributed by atoms with Crippen LogP contribution < -0.4 is 10.2 Å². The molecule has 1 aromatic rings. The molecule has 1 fully saturated rings. The van der Waals surface area contributed by atoms with Crippen LogP contribution in [0.5, 0.6) is 0 Å².